The molecule has 2 aromatic rings. The van der Waals surface area contributed by atoms with E-state index in [1.807, 2.05) is 13.0 Å². The van der Waals surface area contributed by atoms with Crippen LogP contribution in [0, 0.1) is 19.7 Å². The number of anilines is 1. The minimum absolute atomic E-state index is 0.0371. The van der Waals surface area contributed by atoms with Crippen LogP contribution in [-0.4, -0.2) is 24.7 Å². The Kier molecular flexibility index (Phi) is 4.81. The third-order valence-electron chi connectivity index (χ3n) is 4.23. The Balaban J connectivity index is 2.00. The number of methoxy groups -OCH3 is 1. The molecule has 0 spiro atoms. The molecule has 0 N–H and O–H groups in total. The highest BCUT2D eigenvalue weighted by molar-refractivity contribution is 8.00. The quantitative estimate of drug-likeness (QED) is 0.777. The molecule has 4 nitrogen and oxygen atoms in total. The van der Waals surface area contributed by atoms with Crippen molar-refractivity contribution in [3.63, 3.8) is 0 Å². The predicted octanol–water partition coefficient (Wildman–Crippen LogP) is 4.01. The smallest absolute Gasteiger partial charge is 0.337 e. The fourth-order valence-corrected chi connectivity index (χ4v) is 4.02. The monoisotopic (exact) mass is 359 g/mol. The molecule has 1 saturated heterocycles. The van der Waals surface area contributed by atoms with Gasteiger partial charge in [0.15, 0.2) is 0 Å². The van der Waals surface area contributed by atoms with Crippen LogP contribution in [0.4, 0.5) is 10.1 Å². The summed E-state index contributed by atoms with van der Waals surface area (Å²) in [4.78, 5) is 25.8. The highest BCUT2D eigenvalue weighted by atomic mass is 32.2. The van der Waals surface area contributed by atoms with E-state index in [1.165, 1.54) is 24.9 Å². The molecule has 2 aromatic carbocycles. The molecular weight excluding hydrogens is 341 g/mol. The Bertz CT molecular complexity index is 853. The minimum atomic E-state index is -0.422. The van der Waals surface area contributed by atoms with Crippen LogP contribution in [0.25, 0.3) is 0 Å². The van der Waals surface area contributed by atoms with Gasteiger partial charge in [0.05, 0.1) is 18.4 Å². The lowest BCUT2D eigenvalue weighted by molar-refractivity contribution is -0.115. The topological polar surface area (TPSA) is 46.6 Å². The molecule has 25 heavy (non-hydrogen) atoms. The fraction of sp³-hybridized carbons (Fsp3) is 0.263. The first-order valence-corrected chi connectivity index (χ1v) is 8.86. The van der Waals surface area contributed by atoms with E-state index in [0.29, 0.717) is 22.6 Å². The van der Waals surface area contributed by atoms with Gasteiger partial charge >= 0.3 is 5.97 Å². The molecule has 0 aliphatic carbocycles. The number of carbonyl (C=O) groups excluding carboxylic acids is 2. The van der Waals surface area contributed by atoms with E-state index in [-0.39, 0.29) is 17.1 Å². The molecule has 1 aliphatic heterocycles. The molecule has 130 valence electrons. The molecular formula is C19H18FNO3S. The number of benzene rings is 2. The van der Waals surface area contributed by atoms with Crippen molar-refractivity contribution in [2.24, 2.45) is 0 Å². The van der Waals surface area contributed by atoms with Gasteiger partial charge in [0, 0.05) is 5.69 Å². The lowest BCUT2D eigenvalue weighted by Gasteiger charge is -2.26. The molecule has 1 fully saturated rings. The predicted molar refractivity (Wildman–Crippen MR) is 96.3 cm³/mol. The summed E-state index contributed by atoms with van der Waals surface area (Å²) in [5, 5.41) is -0.287. The number of amides is 1. The third kappa shape index (κ3) is 3.26. The molecule has 3 rings (SSSR count). The summed E-state index contributed by atoms with van der Waals surface area (Å²) in [6, 6.07) is 10.1. The Labute approximate surface area is 150 Å². The second-order valence-electron chi connectivity index (χ2n) is 5.93. The van der Waals surface area contributed by atoms with Gasteiger partial charge in [0.25, 0.3) is 0 Å². The summed E-state index contributed by atoms with van der Waals surface area (Å²) in [6.07, 6.45) is 0. The van der Waals surface area contributed by atoms with Crippen LogP contribution in [0.3, 0.4) is 0 Å². The number of halogens is 1. The summed E-state index contributed by atoms with van der Waals surface area (Å²) in [6.45, 7) is 3.55. The minimum Gasteiger partial charge on any atom is -0.465 e. The van der Waals surface area contributed by atoms with Gasteiger partial charge in [-0.2, -0.15) is 0 Å². The Morgan fingerprint density at radius 1 is 1.20 bits per heavy atom. The maximum Gasteiger partial charge on any atom is 0.337 e. The number of rotatable bonds is 3. The molecule has 1 atom stereocenters. The molecule has 1 heterocycles. The van der Waals surface area contributed by atoms with Gasteiger partial charge < -0.3 is 4.74 Å². The van der Waals surface area contributed by atoms with Crippen molar-refractivity contribution in [3.05, 3.63) is 64.5 Å². The first-order valence-electron chi connectivity index (χ1n) is 7.81. The van der Waals surface area contributed by atoms with E-state index in [1.54, 1.807) is 36.1 Å². The largest absolute Gasteiger partial charge is 0.465 e. The van der Waals surface area contributed by atoms with Gasteiger partial charge in [-0.25, -0.2) is 9.18 Å². The Hall–Kier alpha value is -2.34. The zero-order chi connectivity index (χ0) is 18.1. The van der Waals surface area contributed by atoms with Crippen molar-refractivity contribution in [1.29, 1.82) is 0 Å². The van der Waals surface area contributed by atoms with E-state index >= 15 is 0 Å². The first-order chi connectivity index (χ1) is 11.9. The second-order valence-corrected chi connectivity index (χ2v) is 7.00. The lowest BCUT2D eigenvalue weighted by atomic mass is 10.1. The Morgan fingerprint density at radius 2 is 1.96 bits per heavy atom. The van der Waals surface area contributed by atoms with Crippen molar-refractivity contribution in [1.82, 2.24) is 0 Å². The summed E-state index contributed by atoms with van der Waals surface area (Å²) in [5.74, 6) is -0.410. The maximum atomic E-state index is 14.0. The summed E-state index contributed by atoms with van der Waals surface area (Å²) in [7, 11) is 1.33. The van der Waals surface area contributed by atoms with Crippen LogP contribution in [0.5, 0.6) is 0 Å². The van der Waals surface area contributed by atoms with Gasteiger partial charge in [-0.05, 0) is 54.8 Å². The van der Waals surface area contributed by atoms with Gasteiger partial charge in [-0.15, -0.1) is 11.8 Å². The van der Waals surface area contributed by atoms with E-state index < -0.39 is 5.97 Å². The maximum absolute atomic E-state index is 14.0. The van der Waals surface area contributed by atoms with E-state index in [9.17, 15) is 14.0 Å². The van der Waals surface area contributed by atoms with Crippen molar-refractivity contribution < 1.29 is 18.7 Å². The van der Waals surface area contributed by atoms with Crippen molar-refractivity contribution in [2.45, 2.75) is 19.2 Å². The molecule has 1 aliphatic rings. The molecule has 6 heteroatoms. The number of carbonyl (C=O) groups is 2. The molecule has 0 saturated carbocycles. The highest BCUT2D eigenvalue weighted by Gasteiger charge is 2.35. The molecule has 1 unspecified atom stereocenters. The number of esters is 1. The molecule has 1 amide bonds. The normalized spacial score (nSPS) is 17.0. The zero-order valence-electron chi connectivity index (χ0n) is 14.2. The Morgan fingerprint density at radius 3 is 2.60 bits per heavy atom. The van der Waals surface area contributed by atoms with Crippen LogP contribution >= 0.6 is 11.8 Å². The van der Waals surface area contributed by atoms with Gasteiger partial charge in [-0.1, -0.05) is 12.1 Å². The molecule has 0 radical (unpaired) electrons. The average molecular weight is 359 g/mol. The van der Waals surface area contributed by atoms with Gasteiger partial charge in [-0.3, -0.25) is 9.69 Å². The van der Waals surface area contributed by atoms with E-state index in [2.05, 4.69) is 0 Å². The lowest BCUT2D eigenvalue weighted by Crippen LogP contribution is -2.28. The van der Waals surface area contributed by atoms with Crippen LogP contribution in [0.1, 0.15) is 32.4 Å². The average Bonchev–Trinajstić information content (AvgIpc) is 2.98. The third-order valence-corrected chi connectivity index (χ3v) is 5.44. The fourth-order valence-electron chi connectivity index (χ4n) is 2.86. The number of thioether (sulfide) groups is 1. The standard InChI is InChI=1S/C19H18FNO3S/c1-11-4-5-13(9-15(11)20)18-21(17(22)10-25-18)16-7-6-14(8-12(16)2)19(23)24-3/h4-9,18H,10H2,1-3H3. The number of ether oxygens (including phenoxy) is 1. The van der Waals surface area contributed by atoms with Crippen LogP contribution < -0.4 is 4.90 Å². The summed E-state index contributed by atoms with van der Waals surface area (Å²) < 4.78 is 18.7. The highest BCUT2D eigenvalue weighted by Crippen LogP contribution is 2.43. The van der Waals surface area contributed by atoms with Crippen molar-refractivity contribution >= 4 is 29.3 Å². The van der Waals surface area contributed by atoms with Crippen molar-refractivity contribution in [3.8, 4) is 0 Å². The van der Waals surface area contributed by atoms with Crippen LogP contribution in [0.15, 0.2) is 36.4 Å². The summed E-state index contributed by atoms with van der Waals surface area (Å²) in [5.41, 5.74) is 3.25. The zero-order valence-corrected chi connectivity index (χ0v) is 15.0. The van der Waals surface area contributed by atoms with Crippen LogP contribution in [0.2, 0.25) is 0 Å². The van der Waals surface area contributed by atoms with E-state index in [4.69, 9.17) is 4.74 Å². The van der Waals surface area contributed by atoms with Gasteiger partial charge in [0.1, 0.15) is 11.2 Å². The number of hydrogen-bond donors (Lipinski definition) is 0. The number of hydrogen-bond acceptors (Lipinski definition) is 4. The second kappa shape index (κ2) is 6.88. The van der Waals surface area contributed by atoms with Crippen LogP contribution in [-0.2, 0) is 9.53 Å². The number of nitrogens with zero attached hydrogens (tertiary/aromatic N) is 1. The van der Waals surface area contributed by atoms with Crippen molar-refractivity contribution in [2.75, 3.05) is 17.8 Å². The SMILES string of the molecule is COC(=O)c1ccc(N2C(=O)CSC2c2ccc(C)c(F)c2)c(C)c1. The first kappa shape index (κ1) is 17.5. The van der Waals surface area contributed by atoms with E-state index in [0.717, 1.165) is 11.1 Å². The molecule has 0 bridgehead atoms. The number of aryl methyl sites for hydroxylation is 2. The molecule has 0 aromatic heterocycles. The summed E-state index contributed by atoms with van der Waals surface area (Å²) >= 11 is 1.46. The van der Waals surface area contributed by atoms with Gasteiger partial charge in [0.2, 0.25) is 5.91 Å².